The largest absolute Gasteiger partial charge is 0.342 e. The standard InChI is InChI=1S/C17H21N5O/c23-15(9-12-3-1-7-18-10-12)22-8-2-4-14(11-22)17-19-16(20-21-17)13-5-6-13/h1,3,7,10,13-14H,2,4-6,8-9,11H2,(H,19,20,21). The first-order valence-corrected chi connectivity index (χ1v) is 8.38. The van der Waals surface area contributed by atoms with E-state index >= 15 is 0 Å². The number of pyridine rings is 1. The number of aromatic amines is 1. The molecule has 1 saturated carbocycles. The van der Waals surface area contributed by atoms with Crippen molar-refractivity contribution >= 4 is 5.91 Å². The summed E-state index contributed by atoms with van der Waals surface area (Å²) < 4.78 is 0. The molecular formula is C17H21N5O. The van der Waals surface area contributed by atoms with E-state index in [-0.39, 0.29) is 11.8 Å². The second-order valence-electron chi connectivity index (χ2n) is 6.57. The number of carbonyl (C=O) groups excluding carboxylic acids is 1. The number of nitrogens with one attached hydrogen (secondary N) is 1. The predicted octanol–water partition coefficient (Wildman–Crippen LogP) is 2.03. The molecule has 2 aromatic rings. The van der Waals surface area contributed by atoms with E-state index in [4.69, 9.17) is 0 Å². The summed E-state index contributed by atoms with van der Waals surface area (Å²) in [5, 5.41) is 7.47. The van der Waals surface area contributed by atoms with Gasteiger partial charge in [0.2, 0.25) is 5.91 Å². The normalized spacial score (nSPS) is 21.4. The Kier molecular flexibility index (Phi) is 3.81. The molecule has 0 bridgehead atoms. The fourth-order valence-electron chi connectivity index (χ4n) is 3.21. The fraction of sp³-hybridized carbons (Fsp3) is 0.529. The smallest absolute Gasteiger partial charge is 0.227 e. The van der Waals surface area contributed by atoms with Crippen LogP contribution in [0.2, 0.25) is 0 Å². The van der Waals surface area contributed by atoms with Gasteiger partial charge in [0.1, 0.15) is 5.82 Å². The van der Waals surface area contributed by atoms with Gasteiger partial charge in [0, 0.05) is 37.3 Å². The molecule has 1 aliphatic heterocycles. The van der Waals surface area contributed by atoms with Crippen molar-refractivity contribution < 1.29 is 4.79 Å². The zero-order valence-corrected chi connectivity index (χ0v) is 13.1. The first-order chi connectivity index (χ1) is 11.3. The third-order valence-corrected chi connectivity index (χ3v) is 4.70. The fourth-order valence-corrected chi connectivity index (χ4v) is 3.21. The molecule has 2 aromatic heterocycles. The van der Waals surface area contributed by atoms with Crippen LogP contribution in [0, 0.1) is 0 Å². The molecule has 1 N–H and O–H groups in total. The lowest BCUT2D eigenvalue weighted by Crippen LogP contribution is -2.40. The van der Waals surface area contributed by atoms with E-state index in [0.29, 0.717) is 12.3 Å². The number of amides is 1. The number of likely N-dealkylation sites (tertiary alicyclic amines) is 1. The summed E-state index contributed by atoms with van der Waals surface area (Å²) in [6.07, 6.45) is 8.41. The molecule has 4 rings (SSSR count). The molecule has 6 heteroatoms. The number of nitrogens with zero attached hydrogens (tertiary/aromatic N) is 4. The lowest BCUT2D eigenvalue weighted by Gasteiger charge is -2.31. The number of rotatable bonds is 4. The molecule has 1 amide bonds. The molecule has 0 aromatic carbocycles. The van der Waals surface area contributed by atoms with Crippen LogP contribution in [-0.4, -0.2) is 44.1 Å². The summed E-state index contributed by atoms with van der Waals surface area (Å²) in [7, 11) is 0. The van der Waals surface area contributed by atoms with Gasteiger partial charge >= 0.3 is 0 Å². The molecule has 0 spiro atoms. The average Bonchev–Trinajstić information content (AvgIpc) is 3.33. The van der Waals surface area contributed by atoms with Crippen LogP contribution >= 0.6 is 0 Å². The minimum Gasteiger partial charge on any atom is -0.342 e. The number of carbonyl (C=O) groups is 1. The second-order valence-corrected chi connectivity index (χ2v) is 6.57. The molecule has 3 heterocycles. The molecular weight excluding hydrogens is 290 g/mol. The zero-order valence-electron chi connectivity index (χ0n) is 13.1. The minimum absolute atomic E-state index is 0.167. The summed E-state index contributed by atoms with van der Waals surface area (Å²) in [4.78, 5) is 23.2. The molecule has 0 radical (unpaired) electrons. The van der Waals surface area contributed by atoms with Crippen molar-refractivity contribution in [1.29, 1.82) is 0 Å². The Labute approximate surface area is 135 Å². The van der Waals surface area contributed by atoms with E-state index in [1.165, 1.54) is 12.8 Å². The minimum atomic E-state index is 0.167. The van der Waals surface area contributed by atoms with Crippen LogP contribution < -0.4 is 0 Å². The Balaban J connectivity index is 1.40. The van der Waals surface area contributed by atoms with Gasteiger partial charge in [-0.3, -0.25) is 14.9 Å². The highest BCUT2D eigenvalue weighted by Crippen LogP contribution is 2.38. The molecule has 1 saturated heterocycles. The zero-order chi connectivity index (χ0) is 15.6. The van der Waals surface area contributed by atoms with E-state index in [0.717, 1.165) is 43.1 Å². The second kappa shape index (κ2) is 6.10. The van der Waals surface area contributed by atoms with E-state index < -0.39 is 0 Å². The van der Waals surface area contributed by atoms with Crippen LogP contribution in [0.1, 0.15) is 54.7 Å². The molecule has 1 aliphatic carbocycles. The Hall–Kier alpha value is -2.24. The van der Waals surface area contributed by atoms with Gasteiger partial charge in [-0.2, -0.15) is 5.10 Å². The van der Waals surface area contributed by atoms with Gasteiger partial charge in [0.25, 0.3) is 0 Å². The van der Waals surface area contributed by atoms with Crippen molar-refractivity contribution in [3.05, 3.63) is 41.7 Å². The number of piperidine rings is 1. The number of aromatic nitrogens is 4. The highest BCUT2D eigenvalue weighted by Gasteiger charge is 2.31. The van der Waals surface area contributed by atoms with Crippen LogP contribution in [-0.2, 0) is 11.2 Å². The molecule has 120 valence electrons. The Morgan fingerprint density at radius 2 is 2.22 bits per heavy atom. The van der Waals surface area contributed by atoms with E-state index in [1.54, 1.807) is 12.4 Å². The topological polar surface area (TPSA) is 74.8 Å². The summed E-state index contributed by atoms with van der Waals surface area (Å²) in [6, 6.07) is 3.82. The van der Waals surface area contributed by atoms with E-state index in [9.17, 15) is 4.79 Å². The van der Waals surface area contributed by atoms with Gasteiger partial charge in [-0.1, -0.05) is 6.07 Å². The van der Waals surface area contributed by atoms with E-state index in [2.05, 4.69) is 20.2 Å². The maximum Gasteiger partial charge on any atom is 0.227 e. The van der Waals surface area contributed by atoms with Crippen molar-refractivity contribution in [2.24, 2.45) is 0 Å². The predicted molar refractivity (Wildman–Crippen MR) is 84.9 cm³/mol. The third kappa shape index (κ3) is 3.25. The van der Waals surface area contributed by atoms with Gasteiger partial charge in [-0.25, -0.2) is 4.98 Å². The first-order valence-electron chi connectivity index (χ1n) is 8.38. The lowest BCUT2D eigenvalue weighted by atomic mass is 9.97. The molecule has 6 nitrogen and oxygen atoms in total. The van der Waals surface area contributed by atoms with Crippen molar-refractivity contribution in [3.8, 4) is 0 Å². The lowest BCUT2D eigenvalue weighted by molar-refractivity contribution is -0.131. The first kappa shape index (κ1) is 14.4. The Morgan fingerprint density at radius 3 is 3.00 bits per heavy atom. The summed E-state index contributed by atoms with van der Waals surface area (Å²) >= 11 is 0. The molecule has 1 atom stereocenters. The number of hydrogen-bond acceptors (Lipinski definition) is 4. The average molecular weight is 311 g/mol. The summed E-state index contributed by atoms with van der Waals surface area (Å²) in [5.41, 5.74) is 0.966. The quantitative estimate of drug-likeness (QED) is 0.937. The van der Waals surface area contributed by atoms with Crippen molar-refractivity contribution in [1.82, 2.24) is 25.1 Å². The van der Waals surface area contributed by atoms with Crippen molar-refractivity contribution in [2.45, 2.75) is 43.9 Å². The molecule has 1 unspecified atom stereocenters. The van der Waals surface area contributed by atoms with Crippen molar-refractivity contribution in [2.75, 3.05) is 13.1 Å². The van der Waals surface area contributed by atoms with Crippen LogP contribution in [0.5, 0.6) is 0 Å². The molecule has 2 aliphatic rings. The van der Waals surface area contributed by atoms with Crippen LogP contribution in [0.4, 0.5) is 0 Å². The third-order valence-electron chi connectivity index (χ3n) is 4.70. The summed E-state index contributed by atoms with van der Waals surface area (Å²) in [6.45, 7) is 1.55. The number of hydrogen-bond donors (Lipinski definition) is 1. The van der Waals surface area contributed by atoms with Gasteiger partial charge in [-0.05, 0) is 37.3 Å². The summed E-state index contributed by atoms with van der Waals surface area (Å²) in [5.74, 6) is 2.92. The van der Waals surface area contributed by atoms with Gasteiger partial charge < -0.3 is 4.90 Å². The maximum absolute atomic E-state index is 12.5. The molecule has 2 fully saturated rings. The monoisotopic (exact) mass is 311 g/mol. The Bertz CT molecular complexity index is 679. The van der Waals surface area contributed by atoms with Crippen LogP contribution in [0.15, 0.2) is 24.5 Å². The van der Waals surface area contributed by atoms with E-state index in [1.807, 2.05) is 17.0 Å². The van der Waals surface area contributed by atoms with Crippen molar-refractivity contribution in [3.63, 3.8) is 0 Å². The maximum atomic E-state index is 12.5. The van der Waals surface area contributed by atoms with Gasteiger partial charge in [0.15, 0.2) is 5.82 Å². The molecule has 23 heavy (non-hydrogen) atoms. The van der Waals surface area contributed by atoms with Gasteiger partial charge in [0.05, 0.1) is 6.42 Å². The van der Waals surface area contributed by atoms with Gasteiger partial charge in [-0.15, -0.1) is 0 Å². The Morgan fingerprint density at radius 1 is 1.30 bits per heavy atom. The SMILES string of the molecule is O=C(Cc1cccnc1)N1CCCC(c2n[nH]c(C3CC3)n2)C1. The van der Waals surface area contributed by atoms with Crippen LogP contribution in [0.25, 0.3) is 0 Å². The van der Waals surface area contributed by atoms with Crippen LogP contribution in [0.3, 0.4) is 0 Å². The number of H-pyrrole nitrogens is 1. The highest BCUT2D eigenvalue weighted by atomic mass is 16.2. The highest BCUT2D eigenvalue weighted by molar-refractivity contribution is 5.78.